The fraction of sp³-hybridized carbons (Fsp3) is 0.278. The lowest BCUT2D eigenvalue weighted by Gasteiger charge is -2.34. The van der Waals surface area contributed by atoms with Crippen LogP contribution in [-0.4, -0.2) is 47.0 Å². The highest BCUT2D eigenvalue weighted by molar-refractivity contribution is 7.17. The SMILES string of the molecule is Cc1nc(-c2ccc(F)cc2)sc1C(=O)N1CCN(c2nccs2)CC1. The van der Waals surface area contributed by atoms with Gasteiger partial charge in [0.25, 0.3) is 5.91 Å². The summed E-state index contributed by atoms with van der Waals surface area (Å²) in [4.78, 5) is 26.5. The van der Waals surface area contributed by atoms with Gasteiger partial charge in [0.1, 0.15) is 15.7 Å². The Balaban J connectivity index is 1.48. The van der Waals surface area contributed by atoms with E-state index >= 15 is 0 Å². The Morgan fingerprint density at radius 3 is 2.54 bits per heavy atom. The van der Waals surface area contributed by atoms with Crippen LogP contribution in [0.4, 0.5) is 9.52 Å². The molecule has 1 aromatic carbocycles. The molecule has 1 amide bonds. The number of rotatable bonds is 3. The first-order chi connectivity index (χ1) is 12.6. The van der Waals surface area contributed by atoms with Crippen molar-refractivity contribution in [2.75, 3.05) is 31.1 Å². The van der Waals surface area contributed by atoms with Crippen LogP contribution in [0.25, 0.3) is 10.6 Å². The third-order valence-corrected chi connectivity index (χ3v) is 6.37. The fourth-order valence-electron chi connectivity index (χ4n) is 2.93. The number of aryl methyl sites for hydroxylation is 1. The number of benzene rings is 1. The Morgan fingerprint density at radius 2 is 1.88 bits per heavy atom. The van der Waals surface area contributed by atoms with E-state index in [9.17, 15) is 9.18 Å². The first-order valence-electron chi connectivity index (χ1n) is 8.29. The van der Waals surface area contributed by atoms with Gasteiger partial charge in [-0.15, -0.1) is 22.7 Å². The summed E-state index contributed by atoms with van der Waals surface area (Å²) in [7, 11) is 0. The third kappa shape index (κ3) is 3.34. The van der Waals surface area contributed by atoms with Crippen molar-refractivity contribution in [3.05, 3.63) is 52.2 Å². The molecule has 0 aliphatic carbocycles. The molecule has 0 unspecified atom stereocenters. The number of nitrogens with zero attached hydrogens (tertiary/aromatic N) is 4. The van der Waals surface area contributed by atoms with Gasteiger partial charge in [0.2, 0.25) is 0 Å². The molecule has 0 atom stereocenters. The summed E-state index contributed by atoms with van der Waals surface area (Å²) in [5.74, 6) is -0.261. The largest absolute Gasteiger partial charge is 0.345 e. The Labute approximate surface area is 158 Å². The molecule has 0 saturated carbocycles. The molecule has 26 heavy (non-hydrogen) atoms. The number of aromatic nitrogens is 2. The Morgan fingerprint density at radius 1 is 1.15 bits per heavy atom. The standard InChI is InChI=1S/C18H17FN4OS2/c1-12-15(26-16(21-12)13-2-4-14(19)5-3-13)17(24)22-7-9-23(10-8-22)18-20-6-11-25-18/h2-6,11H,7-10H2,1H3. The second-order valence-corrected chi connectivity index (χ2v) is 7.91. The Bertz CT molecular complexity index is 900. The van der Waals surface area contributed by atoms with E-state index in [0.29, 0.717) is 18.0 Å². The van der Waals surface area contributed by atoms with Crippen LogP contribution in [0.15, 0.2) is 35.8 Å². The number of anilines is 1. The predicted molar refractivity (Wildman–Crippen MR) is 102 cm³/mol. The lowest BCUT2D eigenvalue weighted by molar-refractivity contribution is 0.0750. The van der Waals surface area contributed by atoms with E-state index in [4.69, 9.17) is 0 Å². The lowest BCUT2D eigenvalue weighted by Crippen LogP contribution is -2.48. The van der Waals surface area contributed by atoms with Crippen LogP contribution < -0.4 is 4.90 Å². The average Bonchev–Trinajstić information content (AvgIpc) is 3.32. The van der Waals surface area contributed by atoms with Crippen molar-refractivity contribution in [3.8, 4) is 10.6 Å². The molecule has 1 saturated heterocycles. The van der Waals surface area contributed by atoms with Gasteiger partial charge in [0, 0.05) is 43.3 Å². The van der Waals surface area contributed by atoms with Crippen LogP contribution in [0.5, 0.6) is 0 Å². The third-order valence-electron chi connectivity index (χ3n) is 4.34. The van der Waals surface area contributed by atoms with E-state index in [-0.39, 0.29) is 11.7 Å². The van der Waals surface area contributed by atoms with Gasteiger partial charge in [-0.05, 0) is 31.2 Å². The Kier molecular flexibility index (Phi) is 4.69. The summed E-state index contributed by atoms with van der Waals surface area (Å²) in [5.41, 5.74) is 1.55. The maximum atomic E-state index is 13.1. The smallest absolute Gasteiger partial charge is 0.265 e. The van der Waals surface area contributed by atoms with Crippen molar-refractivity contribution in [1.82, 2.24) is 14.9 Å². The van der Waals surface area contributed by atoms with Crippen molar-refractivity contribution in [3.63, 3.8) is 0 Å². The zero-order valence-electron chi connectivity index (χ0n) is 14.2. The Hall–Kier alpha value is -2.32. The van der Waals surface area contributed by atoms with Crippen molar-refractivity contribution in [1.29, 1.82) is 0 Å². The maximum Gasteiger partial charge on any atom is 0.265 e. The van der Waals surface area contributed by atoms with Gasteiger partial charge in [0.15, 0.2) is 5.13 Å². The summed E-state index contributed by atoms with van der Waals surface area (Å²) >= 11 is 2.99. The van der Waals surface area contributed by atoms with Gasteiger partial charge < -0.3 is 9.80 Å². The van der Waals surface area contributed by atoms with E-state index < -0.39 is 0 Å². The first kappa shape index (κ1) is 17.1. The van der Waals surface area contributed by atoms with Crippen molar-refractivity contribution in [2.45, 2.75) is 6.92 Å². The van der Waals surface area contributed by atoms with Gasteiger partial charge in [-0.1, -0.05) is 0 Å². The molecule has 0 radical (unpaired) electrons. The van der Waals surface area contributed by atoms with E-state index in [1.54, 1.807) is 29.7 Å². The van der Waals surface area contributed by atoms with Crippen molar-refractivity contribution in [2.24, 2.45) is 0 Å². The zero-order chi connectivity index (χ0) is 18.1. The van der Waals surface area contributed by atoms with Gasteiger partial charge >= 0.3 is 0 Å². The van der Waals surface area contributed by atoms with Crippen LogP contribution >= 0.6 is 22.7 Å². The van der Waals surface area contributed by atoms with Crippen molar-refractivity contribution < 1.29 is 9.18 Å². The summed E-state index contributed by atoms with van der Waals surface area (Å²) in [6, 6.07) is 6.19. The van der Waals surface area contributed by atoms with Crippen LogP contribution in [0.2, 0.25) is 0 Å². The fourth-order valence-corrected chi connectivity index (χ4v) is 4.66. The minimum Gasteiger partial charge on any atom is -0.345 e. The monoisotopic (exact) mass is 388 g/mol. The summed E-state index contributed by atoms with van der Waals surface area (Å²) in [6.45, 7) is 4.75. The molecular formula is C18H17FN4OS2. The van der Waals surface area contributed by atoms with Crippen molar-refractivity contribution >= 4 is 33.7 Å². The lowest BCUT2D eigenvalue weighted by atomic mass is 10.2. The molecule has 2 aromatic heterocycles. The highest BCUT2D eigenvalue weighted by atomic mass is 32.1. The quantitative estimate of drug-likeness (QED) is 0.687. The number of carbonyl (C=O) groups excluding carboxylic acids is 1. The van der Waals surface area contributed by atoms with Crippen LogP contribution in [-0.2, 0) is 0 Å². The van der Waals surface area contributed by atoms with Gasteiger partial charge in [-0.25, -0.2) is 14.4 Å². The molecule has 0 bridgehead atoms. The average molecular weight is 388 g/mol. The molecule has 0 spiro atoms. The number of thiazole rings is 2. The molecule has 4 rings (SSSR count). The number of halogens is 1. The van der Waals surface area contributed by atoms with E-state index in [1.165, 1.54) is 23.5 Å². The number of piperazine rings is 1. The molecular weight excluding hydrogens is 371 g/mol. The molecule has 1 aliphatic rings. The number of carbonyl (C=O) groups is 1. The van der Waals surface area contributed by atoms with Gasteiger partial charge in [-0.2, -0.15) is 0 Å². The second kappa shape index (κ2) is 7.13. The normalized spacial score (nSPS) is 14.7. The summed E-state index contributed by atoms with van der Waals surface area (Å²) in [6.07, 6.45) is 1.80. The highest BCUT2D eigenvalue weighted by Gasteiger charge is 2.26. The van der Waals surface area contributed by atoms with E-state index in [0.717, 1.165) is 34.5 Å². The molecule has 8 heteroatoms. The van der Waals surface area contributed by atoms with Crippen LogP contribution in [0.3, 0.4) is 0 Å². The van der Waals surface area contributed by atoms with Gasteiger partial charge in [-0.3, -0.25) is 4.79 Å². The van der Waals surface area contributed by atoms with E-state index in [2.05, 4.69) is 14.9 Å². The summed E-state index contributed by atoms with van der Waals surface area (Å²) < 4.78 is 13.1. The minimum absolute atomic E-state index is 0.0205. The molecule has 1 aliphatic heterocycles. The maximum absolute atomic E-state index is 13.1. The van der Waals surface area contributed by atoms with E-state index in [1.807, 2.05) is 17.2 Å². The second-order valence-electron chi connectivity index (χ2n) is 6.03. The number of hydrogen-bond acceptors (Lipinski definition) is 6. The molecule has 1 fully saturated rings. The minimum atomic E-state index is -0.281. The molecule has 134 valence electrons. The van der Waals surface area contributed by atoms with Crippen LogP contribution in [0, 0.1) is 12.7 Å². The molecule has 3 heterocycles. The molecule has 5 nitrogen and oxygen atoms in total. The number of hydrogen-bond donors (Lipinski definition) is 0. The zero-order valence-corrected chi connectivity index (χ0v) is 15.8. The van der Waals surface area contributed by atoms with Crippen LogP contribution in [0.1, 0.15) is 15.4 Å². The first-order valence-corrected chi connectivity index (χ1v) is 9.98. The highest BCUT2D eigenvalue weighted by Crippen LogP contribution is 2.29. The number of amides is 1. The molecule has 3 aromatic rings. The van der Waals surface area contributed by atoms with Gasteiger partial charge in [0.05, 0.1) is 5.69 Å². The molecule has 0 N–H and O–H groups in total. The summed E-state index contributed by atoms with van der Waals surface area (Å²) in [5, 5.41) is 3.71. The topological polar surface area (TPSA) is 49.3 Å². The predicted octanol–water partition coefficient (Wildman–Crippen LogP) is 3.68.